The third kappa shape index (κ3) is 6.63. The number of aromatic nitrogens is 3. The fourth-order valence-corrected chi connectivity index (χ4v) is 5.99. The van der Waals surface area contributed by atoms with Crippen molar-refractivity contribution >= 4 is 28.7 Å². The van der Waals surface area contributed by atoms with E-state index in [0.717, 1.165) is 30.4 Å². The highest BCUT2D eigenvalue weighted by atomic mass is 19.4. The molecule has 14 heteroatoms. The highest BCUT2D eigenvalue weighted by molar-refractivity contribution is 5.94. The van der Waals surface area contributed by atoms with Crippen LogP contribution in [0.3, 0.4) is 0 Å². The van der Waals surface area contributed by atoms with Gasteiger partial charge in [0.1, 0.15) is 22.8 Å². The molecule has 0 unspecified atom stereocenters. The van der Waals surface area contributed by atoms with Crippen molar-refractivity contribution in [3.05, 3.63) is 76.9 Å². The van der Waals surface area contributed by atoms with E-state index in [1.165, 1.54) is 24.4 Å². The van der Waals surface area contributed by atoms with E-state index in [4.69, 9.17) is 4.74 Å². The first kappa shape index (κ1) is 31.3. The Balaban J connectivity index is 1.19. The number of hydrogen-bond acceptors (Lipinski definition) is 7. The van der Waals surface area contributed by atoms with Gasteiger partial charge >= 0.3 is 18.2 Å². The van der Waals surface area contributed by atoms with Gasteiger partial charge in [0.15, 0.2) is 0 Å². The maximum absolute atomic E-state index is 14.1. The summed E-state index contributed by atoms with van der Waals surface area (Å²) >= 11 is 0. The average molecular weight is 638 g/mol. The van der Waals surface area contributed by atoms with Crippen LogP contribution in [-0.4, -0.2) is 86.5 Å². The number of H-pyrrole nitrogens is 1. The molecular weight excluding hydrogens is 603 g/mol. The van der Waals surface area contributed by atoms with E-state index in [9.17, 15) is 27.9 Å². The molecule has 5 heterocycles. The first-order valence-corrected chi connectivity index (χ1v) is 15.0. The third-order valence-corrected chi connectivity index (χ3v) is 8.55. The predicted molar refractivity (Wildman–Crippen MR) is 164 cm³/mol. The molecule has 242 valence electrons. The van der Waals surface area contributed by atoms with E-state index in [1.807, 2.05) is 18.9 Å². The van der Waals surface area contributed by atoms with Crippen molar-refractivity contribution in [2.45, 2.75) is 38.5 Å². The number of carboxylic acids is 1. The van der Waals surface area contributed by atoms with Crippen molar-refractivity contribution < 1.29 is 32.6 Å². The Labute approximate surface area is 263 Å². The number of aromatic carboxylic acids is 1. The average Bonchev–Trinajstić information content (AvgIpc) is 3.48. The molecule has 46 heavy (non-hydrogen) atoms. The summed E-state index contributed by atoms with van der Waals surface area (Å²) in [5, 5.41) is 12.5. The van der Waals surface area contributed by atoms with Gasteiger partial charge in [0.2, 0.25) is 0 Å². The van der Waals surface area contributed by atoms with Gasteiger partial charge < -0.3 is 29.9 Å². The Kier molecular flexibility index (Phi) is 8.57. The van der Waals surface area contributed by atoms with Gasteiger partial charge in [0.25, 0.3) is 0 Å². The number of benzene rings is 1. The molecule has 2 amide bonds. The van der Waals surface area contributed by atoms with Crippen LogP contribution in [0, 0.1) is 0 Å². The van der Waals surface area contributed by atoms with Crippen molar-refractivity contribution in [1.29, 1.82) is 0 Å². The zero-order valence-electron chi connectivity index (χ0n) is 25.4. The lowest BCUT2D eigenvalue weighted by molar-refractivity contribution is -0.138. The van der Waals surface area contributed by atoms with Crippen LogP contribution in [0.1, 0.15) is 52.1 Å². The molecule has 1 saturated heterocycles. The normalized spacial score (nSPS) is 17.6. The number of carboxylic acid groups (broad SMARTS) is 1. The van der Waals surface area contributed by atoms with Crippen LogP contribution in [0.15, 0.2) is 48.8 Å². The fraction of sp³-hybridized carbons (Fsp3) is 0.375. The maximum atomic E-state index is 14.1. The summed E-state index contributed by atoms with van der Waals surface area (Å²) in [6.07, 6.45) is -0.807. The third-order valence-electron chi connectivity index (χ3n) is 8.55. The molecule has 3 N–H and O–H groups in total. The number of nitrogens with zero attached hydrogens (tertiary/aromatic N) is 5. The van der Waals surface area contributed by atoms with Crippen molar-refractivity contribution in [3.63, 3.8) is 0 Å². The van der Waals surface area contributed by atoms with Crippen molar-refractivity contribution in [1.82, 2.24) is 29.7 Å². The second-order valence-electron chi connectivity index (χ2n) is 11.7. The minimum atomic E-state index is -4.57. The van der Waals surface area contributed by atoms with Gasteiger partial charge in [-0.05, 0) is 54.9 Å². The Bertz CT molecular complexity index is 1770. The summed E-state index contributed by atoms with van der Waals surface area (Å²) in [6, 6.07) is 8.29. The van der Waals surface area contributed by atoms with Crippen LogP contribution in [0.2, 0.25) is 0 Å². The first-order chi connectivity index (χ1) is 22.0. The van der Waals surface area contributed by atoms with Crippen molar-refractivity contribution in [2.75, 3.05) is 45.1 Å². The number of hydrogen-bond donors (Lipinski definition) is 3. The minimum Gasteiger partial charge on any atom is -0.477 e. The van der Waals surface area contributed by atoms with Gasteiger partial charge in [-0.3, -0.25) is 9.88 Å². The highest BCUT2D eigenvalue weighted by Gasteiger charge is 2.35. The number of likely N-dealkylation sites (N-methyl/N-ethyl adjacent to an activating group) is 1. The number of fused-ring (bicyclic) bond motifs is 2. The SMILES string of the molecule is CC[C@H]1CN(C(=O)Nc2ccc(CN3CCN(C)CC3)c(C(F)(F)F)c2)Cc2cc(Oc3ccnc4[nH]c(C(=O)O)cc34)cnc21. The van der Waals surface area contributed by atoms with Crippen molar-refractivity contribution in [2.24, 2.45) is 0 Å². The Hall–Kier alpha value is -4.69. The van der Waals surface area contributed by atoms with Crippen LogP contribution in [-0.2, 0) is 19.3 Å². The molecule has 4 aromatic rings. The second kappa shape index (κ2) is 12.6. The highest BCUT2D eigenvalue weighted by Crippen LogP contribution is 2.36. The monoisotopic (exact) mass is 637 g/mol. The van der Waals surface area contributed by atoms with E-state index in [2.05, 4.69) is 25.2 Å². The molecule has 1 atom stereocenters. The molecule has 11 nitrogen and oxygen atoms in total. The molecular formula is C32H34F3N7O4. The number of nitrogens with one attached hydrogen (secondary N) is 2. The Morgan fingerprint density at radius 1 is 1.11 bits per heavy atom. The standard InChI is InChI=1S/C32H34F3N7O4/c1-3-19-17-42(31(45)38-22-5-4-20(25(13-22)32(33,34)35)16-41-10-8-40(2)9-11-41)18-21-12-23(15-37-28(19)21)46-27-6-7-36-29-24(27)14-26(39-29)30(43)44/h4-7,12-15,19H,3,8-11,16-18H2,1-2H3,(H,36,39)(H,38,45)(H,43,44)/t19-/m0/s1. The van der Waals surface area contributed by atoms with E-state index in [0.29, 0.717) is 48.6 Å². The molecule has 0 aliphatic carbocycles. The summed E-state index contributed by atoms with van der Waals surface area (Å²) in [7, 11) is 1.99. The zero-order valence-corrected chi connectivity index (χ0v) is 25.4. The number of carbonyl (C=O) groups excluding carboxylic acids is 1. The number of aromatic amines is 1. The number of ether oxygens (including phenoxy) is 1. The van der Waals surface area contributed by atoms with E-state index in [1.54, 1.807) is 23.2 Å². The number of alkyl halides is 3. The van der Waals surface area contributed by atoms with Gasteiger partial charge in [0.05, 0.1) is 22.8 Å². The van der Waals surface area contributed by atoms with E-state index >= 15 is 0 Å². The largest absolute Gasteiger partial charge is 0.477 e. The predicted octanol–water partition coefficient (Wildman–Crippen LogP) is 5.76. The van der Waals surface area contributed by atoms with Gasteiger partial charge in [-0.1, -0.05) is 13.0 Å². The molecule has 3 aromatic heterocycles. The molecule has 0 radical (unpaired) electrons. The molecule has 1 aromatic carbocycles. The molecule has 2 aliphatic heterocycles. The summed E-state index contributed by atoms with van der Waals surface area (Å²) in [5.74, 6) is -0.452. The summed E-state index contributed by atoms with van der Waals surface area (Å²) in [5.41, 5.74) is 1.39. The lowest BCUT2D eigenvalue weighted by Gasteiger charge is -2.34. The van der Waals surface area contributed by atoms with Gasteiger partial charge in [-0.2, -0.15) is 13.2 Å². The number of rotatable bonds is 7. The number of pyridine rings is 2. The first-order valence-electron chi connectivity index (χ1n) is 15.0. The smallest absolute Gasteiger partial charge is 0.416 e. The maximum Gasteiger partial charge on any atom is 0.416 e. The molecule has 6 rings (SSSR count). The molecule has 0 spiro atoms. The fourth-order valence-electron chi connectivity index (χ4n) is 5.99. The lowest BCUT2D eigenvalue weighted by atomic mass is 9.92. The van der Waals surface area contributed by atoms with Crippen LogP contribution >= 0.6 is 0 Å². The zero-order chi connectivity index (χ0) is 32.6. The quantitative estimate of drug-likeness (QED) is 0.234. The van der Waals surface area contributed by atoms with E-state index < -0.39 is 23.7 Å². The number of piperazine rings is 1. The number of amides is 2. The summed E-state index contributed by atoms with van der Waals surface area (Å²) < 4.78 is 48.4. The van der Waals surface area contributed by atoms with Crippen LogP contribution in [0.5, 0.6) is 11.5 Å². The number of halogens is 3. The molecule has 0 bridgehead atoms. The number of urea groups is 1. The Morgan fingerprint density at radius 3 is 2.61 bits per heavy atom. The minimum absolute atomic E-state index is 0.0263. The second-order valence-corrected chi connectivity index (χ2v) is 11.7. The van der Waals surface area contributed by atoms with Gasteiger partial charge in [-0.25, -0.2) is 14.6 Å². The molecule has 2 aliphatic rings. The van der Waals surface area contributed by atoms with E-state index in [-0.39, 0.29) is 36.0 Å². The summed E-state index contributed by atoms with van der Waals surface area (Å²) in [6.45, 7) is 5.66. The van der Waals surface area contributed by atoms with Crippen molar-refractivity contribution in [3.8, 4) is 11.5 Å². The summed E-state index contributed by atoms with van der Waals surface area (Å²) in [4.78, 5) is 42.1. The van der Waals surface area contributed by atoms with Crippen LogP contribution in [0.25, 0.3) is 11.0 Å². The molecule has 1 fully saturated rings. The van der Waals surface area contributed by atoms with Gasteiger partial charge in [0, 0.05) is 63.6 Å². The van der Waals surface area contributed by atoms with Gasteiger partial charge in [-0.15, -0.1) is 0 Å². The number of anilines is 1. The molecule has 0 saturated carbocycles. The topological polar surface area (TPSA) is 127 Å². The lowest BCUT2D eigenvalue weighted by Crippen LogP contribution is -2.44. The Morgan fingerprint density at radius 2 is 1.89 bits per heavy atom. The van der Waals surface area contributed by atoms with Crippen LogP contribution in [0.4, 0.5) is 23.7 Å². The van der Waals surface area contributed by atoms with Crippen LogP contribution < -0.4 is 10.1 Å². The number of carbonyl (C=O) groups is 2.